The fourth-order valence-corrected chi connectivity index (χ4v) is 4.35. The van der Waals surface area contributed by atoms with Crippen molar-refractivity contribution >= 4 is 29.0 Å². The molecule has 0 aliphatic carbocycles. The highest BCUT2D eigenvalue weighted by molar-refractivity contribution is 8.00. The summed E-state index contributed by atoms with van der Waals surface area (Å²) in [5.41, 5.74) is 1.25. The molecule has 0 aliphatic rings. The van der Waals surface area contributed by atoms with Crippen molar-refractivity contribution in [3.8, 4) is 17.2 Å². The van der Waals surface area contributed by atoms with Crippen LogP contribution in [0.25, 0.3) is 5.69 Å². The molecule has 0 spiro atoms. The lowest BCUT2D eigenvalue weighted by atomic mass is 10.3. The van der Waals surface area contributed by atoms with Gasteiger partial charge in [-0.1, -0.05) is 30.0 Å². The maximum Gasteiger partial charge on any atom is 0.269 e. The summed E-state index contributed by atoms with van der Waals surface area (Å²) in [6.07, 6.45) is -0.445. The normalized spacial score (nSPS) is 12.4. The van der Waals surface area contributed by atoms with Crippen molar-refractivity contribution in [1.82, 2.24) is 14.8 Å². The predicted octanol–water partition coefficient (Wildman–Crippen LogP) is 5.44. The number of carbonyl (C=O) groups excluding carboxylic acids is 1. The average Bonchev–Trinajstić information content (AvgIpc) is 3.33. The maximum atomic E-state index is 12.9. The van der Waals surface area contributed by atoms with Gasteiger partial charge < -0.3 is 14.8 Å². The monoisotopic (exact) mass is 519 g/mol. The van der Waals surface area contributed by atoms with Gasteiger partial charge in [0.25, 0.3) is 5.69 Å². The molecule has 37 heavy (non-hydrogen) atoms. The summed E-state index contributed by atoms with van der Waals surface area (Å²) in [6, 6.07) is 22.5. The lowest BCUT2D eigenvalue weighted by Crippen LogP contribution is -2.23. The third-order valence-corrected chi connectivity index (χ3v) is 6.45. The largest absolute Gasteiger partial charge is 0.497 e. The zero-order valence-corrected chi connectivity index (χ0v) is 21.2. The minimum atomic E-state index is -0.535. The molecule has 0 saturated heterocycles. The summed E-state index contributed by atoms with van der Waals surface area (Å²) in [4.78, 5) is 23.2. The maximum absolute atomic E-state index is 12.9. The fraction of sp³-hybridized carbons (Fsp3) is 0.192. The van der Waals surface area contributed by atoms with Crippen LogP contribution in [0.3, 0.4) is 0 Å². The molecule has 1 amide bonds. The van der Waals surface area contributed by atoms with Crippen molar-refractivity contribution in [1.29, 1.82) is 0 Å². The highest BCUT2D eigenvalue weighted by atomic mass is 32.2. The van der Waals surface area contributed by atoms with E-state index in [1.165, 1.54) is 36.0 Å². The van der Waals surface area contributed by atoms with E-state index in [0.29, 0.717) is 22.4 Å². The molecule has 1 aromatic heterocycles. The van der Waals surface area contributed by atoms with Crippen LogP contribution in [0.5, 0.6) is 11.5 Å². The zero-order valence-electron chi connectivity index (χ0n) is 20.4. The van der Waals surface area contributed by atoms with E-state index in [4.69, 9.17) is 9.47 Å². The number of hydrogen-bond donors (Lipinski definition) is 1. The number of benzene rings is 3. The Kier molecular flexibility index (Phi) is 8.04. The molecule has 190 valence electrons. The summed E-state index contributed by atoms with van der Waals surface area (Å²) in [6.45, 7) is 3.64. The van der Waals surface area contributed by atoms with Crippen LogP contribution in [0.1, 0.15) is 25.8 Å². The molecular weight excluding hydrogens is 494 g/mol. The van der Waals surface area contributed by atoms with Gasteiger partial charge in [-0.3, -0.25) is 19.5 Å². The van der Waals surface area contributed by atoms with Crippen molar-refractivity contribution in [2.45, 2.75) is 30.4 Å². The lowest BCUT2D eigenvalue weighted by Gasteiger charge is -2.18. The quantitative estimate of drug-likeness (QED) is 0.167. The molecule has 3 aromatic carbocycles. The van der Waals surface area contributed by atoms with Gasteiger partial charge in [0.05, 0.1) is 17.3 Å². The SMILES string of the molecule is COc1ccc(OC(C)c2nnc(SC(C)C(=O)Nc3ccc([N+](=O)[O-])cc3)n2-c2ccccc2)cc1. The third kappa shape index (κ3) is 6.25. The van der Waals surface area contributed by atoms with Crippen LogP contribution in [-0.2, 0) is 4.79 Å². The smallest absolute Gasteiger partial charge is 0.269 e. The van der Waals surface area contributed by atoms with Crippen LogP contribution >= 0.6 is 11.8 Å². The molecule has 2 atom stereocenters. The van der Waals surface area contributed by atoms with E-state index < -0.39 is 16.3 Å². The number of thioether (sulfide) groups is 1. The number of carbonyl (C=O) groups is 1. The van der Waals surface area contributed by atoms with E-state index in [9.17, 15) is 14.9 Å². The Bertz CT molecular complexity index is 1360. The van der Waals surface area contributed by atoms with E-state index in [1.54, 1.807) is 14.0 Å². The van der Waals surface area contributed by atoms with Crippen LogP contribution in [0.2, 0.25) is 0 Å². The molecule has 1 N–H and O–H groups in total. The highest BCUT2D eigenvalue weighted by Gasteiger charge is 2.24. The molecule has 0 aliphatic heterocycles. The molecule has 0 radical (unpaired) electrons. The Morgan fingerprint density at radius 2 is 1.62 bits per heavy atom. The van der Waals surface area contributed by atoms with Crippen molar-refractivity contribution in [3.63, 3.8) is 0 Å². The van der Waals surface area contributed by atoms with Crippen molar-refractivity contribution in [2.75, 3.05) is 12.4 Å². The first-order valence-electron chi connectivity index (χ1n) is 11.4. The number of nitro groups is 1. The molecule has 2 unspecified atom stereocenters. The standard InChI is InChI=1S/C26H25N5O5S/c1-17(36-23-15-13-22(35-3)14-16-23)24-28-29-26(30(24)20-7-5-4-6-8-20)37-18(2)25(32)27-19-9-11-21(12-10-19)31(33)34/h4-18H,1-3H3,(H,27,32). The molecule has 0 fully saturated rings. The summed E-state index contributed by atoms with van der Waals surface area (Å²) in [7, 11) is 1.60. The van der Waals surface area contributed by atoms with E-state index in [-0.39, 0.29) is 11.6 Å². The van der Waals surface area contributed by atoms with Gasteiger partial charge in [0, 0.05) is 23.5 Å². The second-order valence-corrected chi connectivity index (χ2v) is 9.31. The summed E-state index contributed by atoms with van der Waals surface area (Å²) >= 11 is 1.25. The minimum absolute atomic E-state index is 0.0464. The molecule has 0 bridgehead atoms. The van der Waals surface area contributed by atoms with Crippen molar-refractivity contribution < 1.29 is 19.2 Å². The second-order valence-electron chi connectivity index (χ2n) is 8.00. The number of amides is 1. The number of nitrogens with zero attached hydrogens (tertiary/aromatic N) is 4. The third-order valence-electron chi connectivity index (χ3n) is 5.41. The van der Waals surface area contributed by atoms with E-state index >= 15 is 0 Å². The number of aromatic nitrogens is 3. The summed E-state index contributed by atoms with van der Waals surface area (Å²) in [5, 5.41) is 22.4. The number of ether oxygens (including phenoxy) is 2. The fourth-order valence-electron chi connectivity index (χ4n) is 3.47. The number of para-hydroxylation sites is 1. The predicted molar refractivity (Wildman–Crippen MR) is 140 cm³/mol. The lowest BCUT2D eigenvalue weighted by molar-refractivity contribution is -0.384. The zero-order chi connectivity index (χ0) is 26.4. The van der Waals surface area contributed by atoms with Gasteiger partial charge in [0.2, 0.25) is 5.91 Å². The van der Waals surface area contributed by atoms with Gasteiger partial charge in [-0.15, -0.1) is 10.2 Å². The van der Waals surface area contributed by atoms with Crippen LogP contribution in [0, 0.1) is 10.1 Å². The number of hydrogen-bond acceptors (Lipinski definition) is 8. The van der Waals surface area contributed by atoms with Crippen molar-refractivity contribution in [3.05, 3.63) is 94.8 Å². The molecule has 0 saturated carbocycles. The van der Waals surface area contributed by atoms with Gasteiger partial charge in [-0.25, -0.2) is 0 Å². The van der Waals surface area contributed by atoms with Crippen LogP contribution < -0.4 is 14.8 Å². The molecule has 11 heteroatoms. The number of methoxy groups -OCH3 is 1. The second kappa shape index (κ2) is 11.6. The van der Waals surface area contributed by atoms with Crippen LogP contribution in [0.4, 0.5) is 11.4 Å². The van der Waals surface area contributed by atoms with Crippen LogP contribution in [0.15, 0.2) is 84.0 Å². The number of nitrogens with one attached hydrogen (secondary N) is 1. The number of non-ortho nitro benzene ring substituents is 1. The summed E-state index contributed by atoms with van der Waals surface area (Å²) in [5.74, 6) is 1.69. The Labute approximate surface area is 217 Å². The Morgan fingerprint density at radius 1 is 0.973 bits per heavy atom. The molecule has 10 nitrogen and oxygen atoms in total. The van der Waals surface area contributed by atoms with Crippen LogP contribution in [-0.4, -0.2) is 38.0 Å². The molecule has 4 aromatic rings. The highest BCUT2D eigenvalue weighted by Crippen LogP contribution is 2.31. The topological polar surface area (TPSA) is 121 Å². The Balaban J connectivity index is 1.54. The van der Waals surface area contributed by atoms with Gasteiger partial charge in [0.1, 0.15) is 11.5 Å². The van der Waals surface area contributed by atoms with Gasteiger partial charge >= 0.3 is 0 Å². The first kappa shape index (κ1) is 25.7. The van der Waals surface area contributed by atoms with E-state index in [0.717, 1.165) is 11.4 Å². The molecule has 4 rings (SSSR count). The van der Waals surface area contributed by atoms with Gasteiger partial charge in [0.15, 0.2) is 17.1 Å². The number of nitro benzene ring substituents is 1. The Morgan fingerprint density at radius 3 is 2.24 bits per heavy atom. The number of anilines is 1. The minimum Gasteiger partial charge on any atom is -0.497 e. The molecule has 1 heterocycles. The Hall–Kier alpha value is -4.38. The van der Waals surface area contributed by atoms with E-state index in [1.807, 2.05) is 66.1 Å². The first-order valence-corrected chi connectivity index (χ1v) is 12.3. The van der Waals surface area contributed by atoms with Gasteiger partial charge in [-0.05, 0) is 62.4 Å². The van der Waals surface area contributed by atoms with Gasteiger partial charge in [-0.2, -0.15) is 0 Å². The first-order chi connectivity index (χ1) is 17.9. The van der Waals surface area contributed by atoms with Crippen molar-refractivity contribution in [2.24, 2.45) is 0 Å². The number of rotatable bonds is 10. The van der Waals surface area contributed by atoms with E-state index in [2.05, 4.69) is 15.5 Å². The average molecular weight is 520 g/mol. The molecular formula is C26H25N5O5S. The summed E-state index contributed by atoms with van der Waals surface area (Å²) < 4.78 is 13.2.